The molecule has 1 rings (SSSR count). The van der Waals surface area contributed by atoms with Gasteiger partial charge in [0.25, 0.3) is 0 Å². The first kappa shape index (κ1) is 4.61. The van der Waals surface area contributed by atoms with E-state index in [1.54, 1.807) is 0 Å². The zero-order chi connectivity index (χ0) is 5.28. The third-order valence-corrected chi connectivity index (χ3v) is 1.08. The Morgan fingerprint density at radius 2 is 2.57 bits per heavy atom. The van der Waals surface area contributed by atoms with E-state index in [-0.39, 0.29) is 0 Å². The molecule has 1 heterocycles. The lowest BCUT2D eigenvalue weighted by molar-refractivity contribution is -0.795. The molecule has 0 amide bonds. The van der Waals surface area contributed by atoms with E-state index in [1.807, 2.05) is 20.2 Å². The maximum Gasteiger partial charge on any atom is 0.110 e. The summed E-state index contributed by atoms with van der Waals surface area (Å²) in [6.45, 7) is 2.03. The van der Waals surface area contributed by atoms with Gasteiger partial charge in [-0.3, -0.25) is 0 Å². The summed E-state index contributed by atoms with van der Waals surface area (Å²) < 4.78 is 0. The van der Waals surface area contributed by atoms with Crippen molar-refractivity contribution in [2.24, 2.45) is 0 Å². The Balaban J connectivity index is 2.54. The molecule has 0 saturated carbocycles. The standard InChI is InChI=1S/C4H9N3/c1-4-3-5-6-7(4)2/h3,5,7H,1-2H3. The van der Waals surface area contributed by atoms with Gasteiger partial charge in [0.05, 0.1) is 7.05 Å². The second-order valence-electron chi connectivity index (χ2n) is 1.65. The van der Waals surface area contributed by atoms with E-state index < -0.39 is 0 Å². The molecule has 0 spiro atoms. The monoisotopic (exact) mass is 99.1 g/mol. The maximum absolute atomic E-state index is 3.89. The van der Waals surface area contributed by atoms with Gasteiger partial charge < -0.3 is 16.0 Å². The molecule has 2 N–H and O–H groups in total. The van der Waals surface area contributed by atoms with Crippen LogP contribution in [0.2, 0.25) is 0 Å². The fourth-order valence-electron chi connectivity index (χ4n) is 0.419. The SMILES string of the molecule is CC1=CN[N-][NH+]1C. The number of nitrogens with zero attached hydrogens (tertiary/aromatic N) is 1. The number of rotatable bonds is 0. The van der Waals surface area contributed by atoms with Crippen molar-refractivity contribution >= 4 is 0 Å². The molecule has 3 heteroatoms. The number of quaternary nitrogens is 1. The number of allylic oxidation sites excluding steroid dienone is 1. The van der Waals surface area contributed by atoms with Crippen LogP contribution < -0.4 is 10.4 Å². The summed E-state index contributed by atoms with van der Waals surface area (Å²) in [6.07, 6.45) is 1.88. The lowest BCUT2D eigenvalue weighted by atomic mass is 10.5. The van der Waals surface area contributed by atoms with Gasteiger partial charge in [-0.15, -0.1) is 0 Å². The first-order valence-corrected chi connectivity index (χ1v) is 2.27. The minimum atomic E-state index is 1.08. The van der Waals surface area contributed by atoms with Crippen molar-refractivity contribution in [1.29, 1.82) is 0 Å². The van der Waals surface area contributed by atoms with Crippen LogP contribution in [-0.4, -0.2) is 7.05 Å². The third kappa shape index (κ3) is 0.730. The first-order valence-electron chi connectivity index (χ1n) is 2.27. The van der Waals surface area contributed by atoms with Gasteiger partial charge in [0.15, 0.2) is 0 Å². The van der Waals surface area contributed by atoms with E-state index in [4.69, 9.17) is 0 Å². The van der Waals surface area contributed by atoms with Gasteiger partial charge in [-0.05, 0) is 0 Å². The smallest absolute Gasteiger partial charge is 0.110 e. The average Bonchev–Trinajstić information content (AvgIpc) is 1.91. The van der Waals surface area contributed by atoms with Crippen LogP contribution in [-0.2, 0) is 0 Å². The molecule has 0 aromatic rings. The van der Waals surface area contributed by atoms with Crippen LogP contribution >= 0.6 is 0 Å². The number of nitrogens with one attached hydrogen (secondary N) is 2. The van der Waals surface area contributed by atoms with Gasteiger partial charge in [0, 0.05) is 13.1 Å². The Labute approximate surface area is 42.9 Å². The minimum Gasteiger partial charge on any atom is -0.440 e. The highest BCUT2D eigenvalue weighted by molar-refractivity contribution is 4.91. The highest BCUT2D eigenvalue weighted by Crippen LogP contribution is 1.83. The molecule has 0 bridgehead atoms. The first-order chi connectivity index (χ1) is 3.30. The van der Waals surface area contributed by atoms with E-state index >= 15 is 0 Å². The van der Waals surface area contributed by atoms with Gasteiger partial charge in [-0.25, -0.2) is 0 Å². The van der Waals surface area contributed by atoms with Gasteiger partial charge in [-0.1, -0.05) is 0 Å². The van der Waals surface area contributed by atoms with Crippen molar-refractivity contribution in [2.75, 3.05) is 7.05 Å². The zero-order valence-corrected chi connectivity index (χ0v) is 4.52. The Morgan fingerprint density at radius 1 is 1.86 bits per heavy atom. The highest BCUT2D eigenvalue weighted by atomic mass is 15.7. The van der Waals surface area contributed by atoms with Gasteiger partial charge in [-0.2, -0.15) is 0 Å². The van der Waals surface area contributed by atoms with Crippen molar-refractivity contribution in [3.05, 3.63) is 17.4 Å². The minimum absolute atomic E-state index is 1.08. The van der Waals surface area contributed by atoms with Crippen LogP contribution in [0, 0.1) is 0 Å². The van der Waals surface area contributed by atoms with Crippen LogP contribution in [0.5, 0.6) is 0 Å². The quantitative estimate of drug-likeness (QED) is 0.408. The van der Waals surface area contributed by atoms with E-state index in [0.29, 0.717) is 0 Å². The predicted octanol–water partition coefficient (Wildman–Crippen LogP) is -0.831. The molecule has 1 aliphatic rings. The summed E-state index contributed by atoms with van der Waals surface area (Å²) in [6, 6.07) is 0. The molecular formula is C4H9N3. The van der Waals surface area contributed by atoms with E-state index in [2.05, 4.69) is 11.0 Å². The highest BCUT2D eigenvalue weighted by Gasteiger charge is 1.97. The number of hydrogen-bond acceptors (Lipinski definition) is 1. The fraction of sp³-hybridized carbons (Fsp3) is 0.500. The molecule has 0 aromatic carbocycles. The molecule has 0 aromatic heterocycles. The summed E-state index contributed by atoms with van der Waals surface area (Å²) >= 11 is 0. The van der Waals surface area contributed by atoms with Gasteiger partial charge >= 0.3 is 0 Å². The van der Waals surface area contributed by atoms with E-state index in [0.717, 1.165) is 5.01 Å². The van der Waals surface area contributed by atoms with Crippen LogP contribution in [0.1, 0.15) is 6.92 Å². The Morgan fingerprint density at radius 3 is 2.71 bits per heavy atom. The topological polar surface area (TPSA) is 30.6 Å². The summed E-state index contributed by atoms with van der Waals surface area (Å²) in [7, 11) is 1.98. The second-order valence-corrected chi connectivity index (χ2v) is 1.65. The van der Waals surface area contributed by atoms with Crippen molar-refractivity contribution < 1.29 is 5.01 Å². The summed E-state index contributed by atoms with van der Waals surface area (Å²) in [5.74, 6) is 0. The summed E-state index contributed by atoms with van der Waals surface area (Å²) in [5.41, 5.74) is 7.86. The Bertz CT molecular complexity index is 97.1. The molecule has 1 atom stereocenters. The molecule has 1 unspecified atom stereocenters. The Kier molecular flexibility index (Phi) is 1.00. The van der Waals surface area contributed by atoms with E-state index in [1.165, 1.54) is 5.70 Å². The average molecular weight is 99.1 g/mol. The largest absolute Gasteiger partial charge is 0.440 e. The van der Waals surface area contributed by atoms with Crippen molar-refractivity contribution in [3.8, 4) is 0 Å². The molecule has 0 aliphatic carbocycles. The third-order valence-electron chi connectivity index (χ3n) is 1.08. The molecular weight excluding hydrogens is 90.1 g/mol. The van der Waals surface area contributed by atoms with Gasteiger partial charge in [0.1, 0.15) is 5.70 Å². The molecule has 3 nitrogen and oxygen atoms in total. The molecule has 1 aliphatic heterocycles. The zero-order valence-electron chi connectivity index (χ0n) is 4.52. The van der Waals surface area contributed by atoms with Crippen LogP contribution in [0.4, 0.5) is 0 Å². The van der Waals surface area contributed by atoms with Crippen molar-refractivity contribution in [2.45, 2.75) is 6.92 Å². The van der Waals surface area contributed by atoms with Crippen molar-refractivity contribution in [1.82, 2.24) is 5.43 Å². The molecule has 7 heavy (non-hydrogen) atoms. The maximum atomic E-state index is 3.89. The normalized spacial score (nSPS) is 29.4. The second kappa shape index (κ2) is 1.52. The Hall–Kier alpha value is -0.540. The van der Waals surface area contributed by atoms with Gasteiger partial charge in [0.2, 0.25) is 0 Å². The summed E-state index contributed by atoms with van der Waals surface area (Å²) in [4.78, 5) is 0. The number of hydrogen-bond donors (Lipinski definition) is 2. The van der Waals surface area contributed by atoms with Crippen molar-refractivity contribution in [3.63, 3.8) is 0 Å². The predicted molar refractivity (Wildman–Crippen MR) is 27.1 cm³/mol. The van der Waals surface area contributed by atoms with Crippen LogP contribution in [0.15, 0.2) is 11.9 Å². The molecule has 0 fully saturated rings. The fourth-order valence-corrected chi connectivity index (χ4v) is 0.419. The lowest BCUT2D eigenvalue weighted by Crippen LogP contribution is -3.01. The molecule has 0 radical (unpaired) electrons. The van der Waals surface area contributed by atoms with E-state index in [9.17, 15) is 0 Å². The van der Waals surface area contributed by atoms with Crippen LogP contribution in [0.3, 0.4) is 0 Å². The summed E-state index contributed by atoms with van der Waals surface area (Å²) in [5, 5.41) is 1.08. The lowest BCUT2D eigenvalue weighted by Gasteiger charge is -2.17. The van der Waals surface area contributed by atoms with Crippen LogP contribution in [0.25, 0.3) is 5.53 Å². The molecule has 0 saturated heterocycles. The molecule has 40 valence electrons.